The highest BCUT2D eigenvalue weighted by atomic mass is 16.1. The van der Waals surface area contributed by atoms with Crippen LogP contribution in [0.1, 0.15) is 45.4 Å². The van der Waals surface area contributed by atoms with Crippen LogP contribution in [0.25, 0.3) is 0 Å². The molecule has 0 rings (SSSR count). The molecule has 0 saturated heterocycles. The van der Waals surface area contributed by atoms with E-state index in [1.54, 1.807) is 18.2 Å². The van der Waals surface area contributed by atoms with Crippen LogP contribution in [0.3, 0.4) is 0 Å². The van der Waals surface area contributed by atoms with E-state index in [4.69, 9.17) is 0 Å². The van der Waals surface area contributed by atoms with E-state index in [9.17, 15) is 4.79 Å². The molecule has 0 N–H and O–H groups in total. The molecule has 0 spiro atoms. The zero-order valence-corrected chi connectivity index (χ0v) is 9.74. The van der Waals surface area contributed by atoms with E-state index in [0.717, 1.165) is 12.8 Å². The Kier molecular flexibility index (Phi) is 10.2. The summed E-state index contributed by atoms with van der Waals surface area (Å²) in [6.07, 6.45) is 15.6. The van der Waals surface area contributed by atoms with Crippen molar-refractivity contribution in [3.8, 4) is 0 Å². The molecule has 0 aliphatic rings. The van der Waals surface area contributed by atoms with Crippen LogP contribution in [0.4, 0.5) is 0 Å². The van der Waals surface area contributed by atoms with Crippen molar-refractivity contribution in [1.82, 2.24) is 0 Å². The molecule has 0 heterocycles. The van der Waals surface area contributed by atoms with Crippen LogP contribution in [0, 0.1) is 0 Å². The number of ketones is 1. The SMILES string of the molecule is C=CC/C=C/C(=O)/C=C/CCCCCC. The zero-order chi connectivity index (χ0) is 11.4. The lowest BCUT2D eigenvalue weighted by Gasteiger charge is -1.93. The molecule has 0 aliphatic carbocycles. The van der Waals surface area contributed by atoms with E-state index < -0.39 is 0 Å². The van der Waals surface area contributed by atoms with Gasteiger partial charge in [0, 0.05) is 0 Å². The fraction of sp³-hybridized carbons (Fsp3) is 0.500. The minimum Gasteiger partial charge on any atom is -0.290 e. The molecular weight excluding hydrogens is 184 g/mol. The van der Waals surface area contributed by atoms with Crippen molar-refractivity contribution in [2.24, 2.45) is 0 Å². The molecule has 1 nitrogen and oxygen atoms in total. The van der Waals surface area contributed by atoms with Crippen molar-refractivity contribution in [3.63, 3.8) is 0 Å². The first-order valence-electron chi connectivity index (χ1n) is 5.79. The van der Waals surface area contributed by atoms with Gasteiger partial charge in [0.25, 0.3) is 0 Å². The summed E-state index contributed by atoms with van der Waals surface area (Å²) in [7, 11) is 0. The first-order valence-corrected chi connectivity index (χ1v) is 5.79. The smallest absolute Gasteiger partial charge is 0.178 e. The van der Waals surface area contributed by atoms with Crippen molar-refractivity contribution in [1.29, 1.82) is 0 Å². The summed E-state index contributed by atoms with van der Waals surface area (Å²) < 4.78 is 0. The lowest BCUT2D eigenvalue weighted by molar-refractivity contribution is -0.110. The van der Waals surface area contributed by atoms with Gasteiger partial charge in [-0.05, 0) is 31.4 Å². The highest BCUT2D eigenvalue weighted by Crippen LogP contribution is 2.02. The maximum Gasteiger partial charge on any atom is 0.178 e. The average molecular weight is 206 g/mol. The molecule has 0 aromatic rings. The van der Waals surface area contributed by atoms with E-state index in [2.05, 4.69) is 13.5 Å². The molecule has 84 valence electrons. The van der Waals surface area contributed by atoms with Gasteiger partial charge in [-0.15, -0.1) is 6.58 Å². The monoisotopic (exact) mass is 206 g/mol. The van der Waals surface area contributed by atoms with E-state index in [1.807, 2.05) is 12.2 Å². The van der Waals surface area contributed by atoms with E-state index in [-0.39, 0.29) is 5.78 Å². The third-order valence-electron chi connectivity index (χ3n) is 2.09. The van der Waals surface area contributed by atoms with Gasteiger partial charge in [-0.3, -0.25) is 4.79 Å². The van der Waals surface area contributed by atoms with Crippen molar-refractivity contribution < 1.29 is 4.79 Å². The van der Waals surface area contributed by atoms with Crippen LogP contribution in [0.15, 0.2) is 37.0 Å². The lowest BCUT2D eigenvalue weighted by atomic mass is 10.1. The molecular formula is C14H22O. The van der Waals surface area contributed by atoms with Gasteiger partial charge in [0.2, 0.25) is 0 Å². The summed E-state index contributed by atoms with van der Waals surface area (Å²) in [6.45, 7) is 5.78. The van der Waals surface area contributed by atoms with Crippen molar-refractivity contribution in [3.05, 3.63) is 37.0 Å². The molecule has 0 fully saturated rings. The highest BCUT2D eigenvalue weighted by Gasteiger charge is 1.88. The Labute approximate surface area is 93.6 Å². The molecule has 0 bridgehead atoms. The summed E-state index contributed by atoms with van der Waals surface area (Å²) in [5.74, 6) is 0.0762. The van der Waals surface area contributed by atoms with Crippen LogP contribution < -0.4 is 0 Å². The molecule has 0 unspecified atom stereocenters. The van der Waals surface area contributed by atoms with Crippen LogP contribution in [0.2, 0.25) is 0 Å². The quantitative estimate of drug-likeness (QED) is 0.314. The molecule has 0 atom stereocenters. The van der Waals surface area contributed by atoms with Gasteiger partial charge in [-0.25, -0.2) is 0 Å². The third kappa shape index (κ3) is 10.8. The van der Waals surface area contributed by atoms with Crippen molar-refractivity contribution >= 4 is 5.78 Å². The Morgan fingerprint density at radius 2 is 1.87 bits per heavy atom. The second kappa shape index (κ2) is 11.0. The first kappa shape index (κ1) is 13.9. The maximum atomic E-state index is 11.2. The van der Waals surface area contributed by atoms with Gasteiger partial charge in [-0.2, -0.15) is 0 Å². The normalized spacial score (nSPS) is 11.3. The molecule has 0 amide bonds. The second-order valence-corrected chi connectivity index (χ2v) is 3.58. The van der Waals surface area contributed by atoms with Crippen molar-refractivity contribution in [2.75, 3.05) is 0 Å². The second-order valence-electron chi connectivity index (χ2n) is 3.58. The largest absolute Gasteiger partial charge is 0.290 e. The van der Waals surface area contributed by atoms with E-state index in [0.29, 0.717) is 0 Å². The number of allylic oxidation sites excluding steroid dienone is 5. The number of unbranched alkanes of at least 4 members (excludes halogenated alkanes) is 4. The van der Waals surface area contributed by atoms with Gasteiger partial charge in [0.1, 0.15) is 0 Å². The summed E-state index contributed by atoms with van der Waals surface area (Å²) in [5, 5.41) is 0. The van der Waals surface area contributed by atoms with Crippen LogP contribution >= 0.6 is 0 Å². The molecule has 0 aromatic carbocycles. The standard InChI is InChI=1S/C14H22O/c1-3-5-7-8-9-11-13-14(15)12-10-6-4-2/h4,10-13H,2-3,5-9H2,1H3/b12-10+,13-11+. The van der Waals surface area contributed by atoms with E-state index >= 15 is 0 Å². The van der Waals surface area contributed by atoms with Gasteiger partial charge >= 0.3 is 0 Å². The highest BCUT2D eigenvalue weighted by molar-refractivity contribution is 5.99. The Balaban J connectivity index is 3.49. The fourth-order valence-corrected chi connectivity index (χ4v) is 1.22. The van der Waals surface area contributed by atoms with Gasteiger partial charge < -0.3 is 0 Å². The molecule has 0 saturated carbocycles. The number of hydrogen-bond acceptors (Lipinski definition) is 1. The first-order chi connectivity index (χ1) is 7.31. The van der Waals surface area contributed by atoms with Gasteiger partial charge in [0.05, 0.1) is 0 Å². The molecule has 0 aromatic heterocycles. The number of carbonyl (C=O) groups is 1. The van der Waals surface area contributed by atoms with Crippen LogP contribution in [-0.2, 0) is 4.79 Å². The number of hydrogen-bond donors (Lipinski definition) is 0. The predicted octanol–water partition coefficient (Wildman–Crippen LogP) is 4.21. The van der Waals surface area contributed by atoms with Gasteiger partial charge in [0.15, 0.2) is 5.78 Å². The fourth-order valence-electron chi connectivity index (χ4n) is 1.22. The Morgan fingerprint density at radius 3 is 2.53 bits per heavy atom. The van der Waals surface area contributed by atoms with Gasteiger partial charge in [-0.1, -0.05) is 44.4 Å². The Morgan fingerprint density at radius 1 is 1.13 bits per heavy atom. The Bertz CT molecular complexity index is 223. The summed E-state index contributed by atoms with van der Waals surface area (Å²) in [6, 6.07) is 0. The van der Waals surface area contributed by atoms with Crippen LogP contribution in [0.5, 0.6) is 0 Å². The minimum atomic E-state index is 0.0762. The summed E-state index contributed by atoms with van der Waals surface area (Å²) in [5.41, 5.74) is 0. The maximum absolute atomic E-state index is 11.2. The average Bonchev–Trinajstić information content (AvgIpc) is 2.23. The molecule has 0 aliphatic heterocycles. The minimum absolute atomic E-state index is 0.0762. The molecule has 0 radical (unpaired) electrons. The lowest BCUT2D eigenvalue weighted by Crippen LogP contribution is -1.84. The predicted molar refractivity (Wildman–Crippen MR) is 66.9 cm³/mol. The number of rotatable bonds is 9. The molecule has 15 heavy (non-hydrogen) atoms. The topological polar surface area (TPSA) is 17.1 Å². The zero-order valence-electron chi connectivity index (χ0n) is 9.74. The van der Waals surface area contributed by atoms with Crippen molar-refractivity contribution in [2.45, 2.75) is 45.4 Å². The van der Waals surface area contributed by atoms with E-state index in [1.165, 1.54) is 25.7 Å². The summed E-state index contributed by atoms with van der Waals surface area (Å²) in [4.78, 5) is 11.2. The number of carbonyl (C=O) groups excluding carboxylic acids is 1. The summed E-state index contributed by atoms with van der Waals surface area (Å²) >= 11 is 0. The van der Waals surface area contributed by atoms with Crippen LogP contribution in [-0.4, -0.2) is 5.78 Å². The third-order valence-corrected chi connectivity index (χ3v) is 2.09. The molecule has 1 heteroatoms. The Hall–Kier alpha value is -1.11.